The van der Waals surface area contributed by atoms with E-state index in [0.29, 0.717) is 18.9 Å². The molecule has 1 rings (SSSR count). The van der Waals surface area contributed by atoms with Gasteiger partial charge >= 0.3 is 0 Å². The maximum atomic E-state index is 11.2. The van der Waals surface area contributed by atoms with Gasteiger partial charge in [0.15, 0.2) is 5.96 Å². The average Bonchev–Trinajstić information content (AvgIpc) is 2.65. The molecule has 2 N–H and O–H groups in total. The molecule has 22 heavy (non-hydrogen) atoms. The summed E-state index contributed by atoms with van der Waals surface area (Å²) in [5.74, 6) is 0.822. The van der Waals surface area contributed by atoms with Crippen molar-refractivity contribution < 1.29 is 8.42 Å². The molecule has 0 fully saturated rings. The lowest BCUT2D eigenvalue weighted by Gasteiger charge is -2.17. The molecule has 0 saturated heterocycles. The van der Waals surface area contributed by atoms with Crippen LogP contribution in [0.4, 0.5) is 0 Å². The van der Waals surface area contributed by atoms with E-state index in [-0.39, 0.29) is 11.8 Å². The second-order valence-corrected chi connectivity index (χ2v) is 7.92. The monoisotopic (exact) mass is 329 g/mol. The summed E-state index contributed by atoms with van der Waals surface area (Å²) in [6.45, 7) is 6.58. The molecule has 7 nitrogen and oxygen atoms in total. The van der Waals surface area contributed by atoms with Crippen LogP contribution >= 0.6 is 0 Å². The zero-order valence-corrected chi connectivity index (χ0v) is 15.1. The van der Waals surface area contributed by atoms with E-state index in [4.69, 9.17) is 0 Å². The van der Waals surface area contributed by atoms with Crippen LogP contribution in [0.5, 0.6) is 0 Å². The Hall–Kier alpha value is -1.57. The van der Waals surface area contributed by atoms with Crippen LogP contribution in [0.2, 0.25) is 0 Å². The van der Waals surface area contributed by atoms with Gasteiger partial charge in [0.25, 0.3) is 0 Å². The van der Waals surface area contributed by atoms with Crippen LogP contribution in [0, 0.1) is 13.8 Å². The molecule has 0 amide bonds. The van der Waals surface area contributed by atoms with Crippen LogP contribution in [-0.2, 0) is 23.4 Å². The van der Waals surface area contributed by atoms with Crippen molar-refractivity contribution in [3.05, 3.63) is 17.0 Å². The molecule has 1 atom stereocenters. The maximum absolute atomic E-state index is 11.2. The molecule has 0 aliphatic carbocycles. The van der Waals surface area contributed by atoms with Gasteiger partial charge in [0, 0.05) is 44.2 Å². The first-order chi connectivity index (χ1) is 10.1. The van der Waals surface area contributed by atoms with E-state index in [1.54, 1.807) is 7.05 Å². The average molecular weight is 329 g/mol. The van der Waals surface area contributed by atoms with Crippen molar-refractivity contribution in [1.29, 1.82) is 0 Å². The second kappa shape index (κ2) is 7.62. The van der Waals surface area contributed by atoms with E-state index in [1.807, 2.05) is 32.5 Å². The second-order valence-electron chi connectivity index (χ2n) is 5.66. The molecule has 0 aliphatic rings. The van der Waals surface area contributed by atoms with Crippen molar-refractivity contribution in [3.63, 3.8) is 0 Å². The lowest BCUT2D eigenvalue weighted by Crippen LogP contribution is -2.42. The van der Waals surface area contributed by atoms with Gasteiger partial charge in [-0.1, -0.05) is 0 Å². The van der Waals surface area contributed by atoms with Crippen molar-refractivity contribution in [3.8, 4) is 0 Å². The number of guanidine groups is 1. The van der Waals surface area contributed by atoms with Crippen LogP contribution in [0.3, 0.4) is 0 Å². The molecule has 1 heterocycles. The van der Waals surface area contributed by atoms with E-state index in [9.17, 15) is 8.42 Å². The standard InChI is InChI=1S/C14H27N5O2S/c1-10(7-8-22(6,20)21)17-14(15-4)16-9-13-11(2)18-19(5)12(13)3/h10H,7-9H2,1-6H3,(H2,15,16,17). The Morgan fingerprint density at radius 2 is 2.05 bits per heavy atom. The highest BCUT2D eigenvalue weighted by atomic mass is 32.2. The van der Waals surface area contributed by atoms with E-state index >= 15 is 0 Å². The van der Waals surface area contributed by atoms with Gasteiger partial charge in [-0.15, -0.1) is 0 Å². The SMILES string of the molecule is CN=C(NCc1c(C)nn(C)c1C)NC(C)CCS(C)(=O)=O. The maximum Gasteiger partial charge on any atom is 0.191 e. The van der Waals surface area contributed by atoms with Crippen molar-refractivity contribution in [2.24, 2.45) is 12.0 Å². The predicted octanol–water partition coefficient (Wildman–Crippen LogP) is 0.525. The Morgan fingerprint density at radius 3 is 2.50 bits per heavy atom. The van der Waals surface area contributed by atoms with Crippen LogP contribution in [0.15, 0.2) is 4.99 Å². The van der Waals surface area contributed by atoms with Crippen LogP contribution in [0.1, 0.15) is 30.3 Å². The summed E-state index contributed by atoms with van der Waals surface area (Å²) < 4.78 is 24.3. The molecule has 0 saturated carbocycles. The third-order valence-corrected chi connectivity index (χ3v) is 4.60. The van der Waals surface area contributed by atoms with E-state index < -0.39 is 9.84 Å². The summed E-state index contributed by atoms with van der Waals surface area (Å²) in [5.41, 5.74) is 3.26. The molecule has 126 valence electrons. The molecule has 0 spiro atoms. The molecule has 0 radical (unpaired) electrons. The molecule has 0 aliphatic heterocycles. The van der Waals surface area contributed by atoms with Crippen molar-refractivity contribution in [2.45, 2.75) is 39.8 Å². The number of rotatable bonds is 6. The molecule has 1 aromatic rings. The topological polar surface area (TPSA) is 88.4 Å². The summed E-state index contributed by atoms with van der Waals surface area (Å²) >= 11 is 0. The van der Waals surface area contributed by atoms with Gasteiger partial charge < -0.3 is 10.6 Å². The zero-order valence-electron chi connectivity index (χ0n) is 14.3. The first kappa shape index (κ1) is 18.5. The third-order valence-electron chi connectivity index (χ3n) is 3.62. The molecular weight excluding hydrogens is 302 g/mol. The fraction of sp³-hybridized carbons (Fsp3) is 0.714. The van der Waals surface area contributed by atoms with Crippen molar-refractivity contribution in [2.75, 3.05) is 19.1 Å². The van der Waals surface area contributed by atoms with E-state index in [0.717, 1.165) is 17.0 Å². The lowest BCUT2D eigenvalue weighted by atomic mass is 10.2. The molecular formula is C14H27N5O2S. The Morgan fingerprint density at radius 1 is 1.41 bits per heavy atom. The Bertz CT molecular complexity index is 634. The first-order valence-corrected chi connectivity index (χ1v) is 9.34. The Balaban J connectivity index is 2.56. The Kier molecular flexibility index (Phi) is 6.40. The van der Waals surface area contributed by atoms with Crippen molar-refractivity contribution in [1.82, 2.24) is 20.4 Å². The van der Waals surface area contributed by atoms with Crippen LogP contribution in [-0.4, -0.2) is 49.3 Å². The predicted molar refractivity (Wildman–Crippen MR) is 89.8 cm³/mol. The summed E-state index contributed by atoms with van der Waals surface area (Å²) in [7, 11) is 0.682. The quantitative estimate of drug-likeness (QED) is 0.587. The number of aromatic nitrogens is 2. The smallest absolute Gasteiger partial charge is 0.191 e. The van der Waals surface area contributed by atoms with Gasteiger partial charge in [0.1, 0.15) is 9.84 Å². The fourth-order valence-electron chi connectivity index (χ4n) is 2.14. The van der Waals surface area contributed by atoms with Crippen LogP contribution in [0.25, 0.3) is 0 Å². The zero-order chi connectivity index (χ0) is 16.9. The highest BCUT2D eigenvalue weighted by Crippen LogP contribution is 2.11. The highest BCUT2D eigenvalue weighted by Gasteiger charge is 2.12. The molecule has 1 unspecified atom stereocenters. The number of hydrogen-bond donors (Lipinski definition) is 2. The van der Waals surface area contributed by atoms with E-state index in [1.165, 1.54) is 6.26 Å². The molecule has 0 aromatic carbocycles. The van der Waals surface area contributed by atoms with E-state index in [2.05, 4.69) is 20.7 Å². The summed E-state index contributed by atoms with van der Waals surface area (Å²) in [4.78, 5) is 4.17. The van der Waals surface area contributed by atoms with Crippen LogP contribution < -0.4 is 10.6 Å². The lowest BCUT2D eigenvalue weighted by molar-refractivity contribution is 0.581. The van der Waals surface area contributed by atoms with Gasteiger partial charge in [-0.2, -0.15) is 5.10 Å². The fourth-order valence-corrected chi connectivity index (χ4v) is 2.92. The summed E-state index contributed by atoms with van der Waals surface area (Å²) in [6.07, 6.45) is 1.80. The molecule has 0 bridgehead atoms. The van der Waals surface area contributed by atoms with Gasteiger partial charge in [-0.3, -0.25) is 9.67 Å². The minimum absolute atomic E-state index is 0.0250. The molecule has 1 aromatic heterocycles. The van der Waals surface area contributed by atoms with Crippen molar-refractivity contribution >= 4 is 15.8 Å². The minimum atomic E-state index is -2.94. The Labute approximate surface area is 133 Å². The number of sulfone groups is 1. The normalized spacial score (nSPS) is 14.0. The third kappa shape index (κ3) is 5.67. The molecule has 8 heteroatoms. The van der Waals surface area contributed by atoms with Gasteiger partial charge in [-0.25, -0.2) is 8.42 Å². The summed E-state index contributed by atoms with van der Waals surface area (Å²) in [6, 6.07) is 0.0250. The summed E-state index contributed by atoms with van der Waals surface area (Å²) in [5, 5.41) is 10.8. The number of hydrogen-bond acceptors (Lipinski definition) is 4. The number of nitrogens with zero attached hydrogens (tertiary/aromatic N) is 3. The number of aliphatic imine (C=N–C) groups is 1. The van der Waals surface area contributed by atoms with Gasteiger partial charge in [-0.05, 0) is 27.2 Å². The van der Waals surface area contributed by atoms with Gasteiger partial charge in [0.2, 0.25) is 0 Å². The minimum Gasteiger partial charge on any atom is -0.354 e. The largest absolute Gasteiger partial charge is 0.354 e. The highest BCUT2D eigenvalue weighted by molar-refractivity contribution is 7.90. The first-order valence-electron chi connectivity index (χ1n) is 7.28. The van der Waals surface area contributed by atoms with Gasteiger partial charge in [0.05, 0.1) is 11.4 Å². The number of nitrogens with one attached hydrogen (secondary N) is 2. The number of aryl methyl sites for hydroxylation is 2.